The van der Waals surface area contributed by atoms with Crippen molar-refractivity contribution in [3.63, 3.8) is 0 Å². The van der Waals surface area contributed by atoms with E-state index in [-0.39, 0.29) is 22.5 Å². The Hall–Kier alpha value is -2.37. The van der Waals surface area contributed by atoms with Crippen LogP contribution in [-0.2, 0) is 16.6 Å². The highest BCUT2D eigenvalue weighted by atomic mass is 16.5. The Kier molecular flexibility index (Phi) is 4.51. The number of rotatable bonds is 5. The number of fused-ring (bicyclic) bond motifs is 2. The fourth-order valence-corrected chi connectivity index (χ4v) is 8.20. The van der Waals surface area contributed by atoms with Gasteiger partial charge in [0.25, 0.3) is 5.91 Å². The normalized spacial score (nSPS) is 35.9. The van der Waals surface area contributed by atoms with E-state index in [4.69, 9.17) is 4.74 Å². The molecule has 5 heteroatoms. The number of hydrogen-bond acceptors (Lipinski definition) is 4. The molecule has 4 bridgehead atoms. The van der Waals surface area contributed by atoms with E-state index < -0.39 is 0 Å². The molecule has 34 heavy (non-hydrogen) atoms. The summed E-state index contributed by atoms with van der Waals surface area (Å²) in [6, 6.07) is 15.9. The third-order valence-electron chi connectivity index (χ3n) is 9.94. The van der Waals surface area contributed by atoms with Gasteiger partial charge >= 0.3 is 0 Å². The van der Waals surface area contributed by atoms with Crippen molar-refractivity contribution in [3.05, 3.63) is 65.2 Å². The third kappa shape index (κ3) is 2.83. The highest BCUT2D eigenvalue weighted by Crippen LogP contribution is 2.69. The van der Waals surface area contributed by atoms with Gasteiger partial charge in [0.05, 0.1) is 11.2 Å². The van der Waals surface area contributed by atoms with Gasteiger partial charge in [-0.2, -0.15) is 0 Å². The van der Waals surface area contributed by atoms with Crippen LogP contribution < -0.4 is 5.32 Å². The molecule has 5 nitrogen and oxygen atoms in total. The minimum absolute atomic E-state index is 0.0282. The molecule has 2 N–H and O–H groups in total. The van der Waals surface area contributed by atoms with E-state index in [0.717, 1.165) is 44.6 Å². The van der Waals surface area contributed by atoms with Gasteiger partial charge in [0.1, 0.15) is 5.75 Å². The molecule has 0 radical (unpaired) electrons. The second kappa shape index (κ2) is 7.32. The number of amides is 1. The fraction of sp³-hybridized carbons (Fsp3) is 0.552. The molecule has 1 amide bonds. The monoisotopic (exact) mass is 458 g/mol. The molecule has 7 rings (SSSR count). The quantitative estimate of drug-likeness (QED) is 0.706. The number of ether oxygens (including phenoxy) is 1. The van der Waals surface area contributed by atoms with E-state index in [1.54, 1.807) is 0 Å². The van der Waals surface area contributed by atoms with Crippen LogP contribution >= 0.6 is 0 Å². The van der Waals surface area contributed by atoms with Gasteiger partial charge in [-0.05, 0) is 92.8 Å². The zero-order chi connectivity index (χ0) is 23.0. The average Bonchev–Trinajstić information content (AvgIpc) is 3.35. The number of benzene rings is 2. The zero-order valence-corrected chi connectivity index (χ0v) is 19.8. The minimum atomic E-state index is -0.331. The number of likely N-dealkylation sites (tertiary alicyclic amines) is 1. The molecular weight excluding hydrogens is 424 g/mol. The van der Waals surface area contributed by atoms with E-state index in [1.165, 1.54) is 36.9 Å². The number of carbonyl (C=O) groups is 1. The Morgan fingerprint density at radius 2 is 1.97 bits per heavy atom. The van der Waals surface area contributed by atoms with Crippen LogP contribution in [0.15, 0.2) is 48.5 Å². The van der Waals surface area contributed by atoms with Crippen molar-refractivity contribution >= 4 is 5.91 Å². The summed E-state index contributed by atoms with van der Waals surface area (Å²) in [7, 11) is 0. The molecule has 2 aliphatic carbocycles. The van der Waals surface area contributed by atoms with Gasteiger partial charge in [-0.1, -0.05) is 30.7 Å². The first-order valence-electron chi connectivity index (χ1n) is 13.1. The number of carbonyl (C=O) groups excluding carboxylic acids is 1. The van der Waals surface area contributed by atoms with E-state index in [0.29, 0.717) is 23.9 Å². The summed E-state index contributed by atoms with van der Waals surface area (Å²) in [5.41, 5.74) is 2.76. The van der Waals surface area contributed by atoms with Gasteiger partial charge in [-0.25, -0.2) is 0 Å². The summed E-state index contributed by atoms with van der Waals surface area (Å²) in [5, 5.41) is 13.7. The molecule has 1 spiro atoms. The summed E-state index contributed by atoms with van der Waals surface area (Å²) in [6.07, 6.45) is 9.13. The van der Waals surface area contributed by atoms with Gasteiger partial charge in [0, 0.05) is 30.1 Å². The van der Waals surface area contributed by atoms with Crippen molar-refractivity contribution in [1.29, 1.82) is 0 Å². The SMILES string of the molecule is O=C(NC[C@@]12CC[C@@]3(O1)[C@H]1Cc4ccc(O)cc4[C@@]3(CCN1CC1CCC1)C2)c1ccccc1. The number of nitrogens with zero attached hydrogens (tertiary/aromatic N) is 1. The van der Waals surface area contributed by atoms with Crippen molar-refractivity contribution in [3.8, 4) is 5.75 Å². The maximum atomic E-state index is 12.9. The van der Waals surface area contributed by atoms with Crippen LogP contribution in [0.1, 0.15) is 66.4 Å². The summed E-state index contributed by atoms with van der Waals surface area (Å²) in [6.45, 7) is 2.85. The molecule has 3 heterocycles. The Bertz CT molecular complexity index is 1130. The Morgan fingerprint density at radius 3 is 2.76 bits per heavy atom. The van der Waals surface area contributed by atoms with Crippen LogP contribution in [0.2, 0.25) is 0 Å². The lowest BCUT2D eigenvalue weighted by Gasteiger charge is -2.61. The topological polar surface area (TPSA) is 61.8 Å². The molecule has 4 atom stereocenters. The van der Waals surface area contributed by atoms with Crippen molar-refractivity contribution in [1.82, 2.24) is 10.2 Å². The smallest absolute Gasteiger partial charge is 0.251 e. The number of aromatic hydroxyl groups is 1. The van der Waals surface area contributed by atoms with Gasteiger partial charge in [0.2, 0.25) is 0 Å². The van der Waals surface area contributed by atoms with E-state index in [9.17, 15) is 9.90 Å². The fourth-order valence-electron chi connectivity index (χ4n) is 8.20. The van der Waals surface area contributed by atoms with E-state index in [1.807, 2.05) is 42.5 Å². The number of phenols is 1. The van der Waals surface area contributed by atoms with Crippen molar-refractivity contribution in [2.75, 3.05) is 19.6 Å². The second-order valence-corrected chi connectivity index (χ2v) is 11.6. The number of piperidine rings is 1. The molecule has 0 unspecified atom stereocenters. The van der Waals surface area contributed by atoms with Crippen LogP contribution in [0.4, 0.5) is 0 Å². The first-order valence-corrected chi connectivity index (χ1v) is 13.1. The average molecular weight is 459 g/mol. The number of nitrogens with one attached hydrogen (secondary N) is 1. The van der Waals surface area contributed by atoms with Gasteiger partial charge in [-0.15, -0.1) is 0 Å². The lowest BCUT2D eigenvalue weighted by Crippen LogP contribution is -2.70. The largest absolute Gasteiger partial charge is 0.508 e. The lowest BCUT2D eigenvalue weighted by molar-refractivity contribution is -0.142. The molecule has 4 fully saturated rings. The van der Waals surface area contributed by atoms with E-state index in [2.05, 4.69) is 16.3 Å². The van der Waals surface area contributed by atoms with Crippen LogP contribution in [0.25, 0.3) is 0 Å². The minimum Gasteiger partial charge on any atom is -0.508 e. The highest BCUT2D eigenvalue weighted by molar-refractivity contribution is 5.94. The molecule has 2 aromatic rings. The molecule has 1 saturated carbocycles. The summed E-state index contributed by atoms with van der Waals surface area (Å²) in [4.78, 5) is 15.6. The predicted octanol–water partition coefficient (Wildman–Crippen LogP) is 4.18. The van der Waals surface area contributed by atoms with Crippen LogP contribution in [-0.4, -0.2) is 52.8 Å². The van der Waals surface area contributed by atoms with Gasteiger partial charge in [0.15, 0.2) is 0 Å². The Morgan fingerprint density at radius 1 is 1.12 bits per heavy atom. The highest BCUT2D eigenvalue weighted by Gasteiger charge is 2.75. The van der Waals surface area contributed by atoms with Crippen LogP contribution in [0, 0.1) is 5.92 Å². The second-order valence-electron chi connectivity index (χ2n) is 11.6. The molecule has 0 aromatic heterocycles. The first-order chi connectivity index (χ1) is 16.5. The maximum absolute atomic E-state index is 12.9. The van der Waals surface area contributed by atoms with Gasteiger partial charge in [-0.3, -0.25) is 9.69 Å². The maximum Gasteiger partial charge on any atom is 0.251 e. The van der Waals surface area contributed by atoms with Gasteiger partial charge < -0.3 is 15.2 Å². The molecule has 3 saturated heterocycles. The Balaban J connectivity index is 1.23. The number of hydrogen-bond donors (Lipinski definition) is 2. The van der Waals surface area contributed by atoms with Crippen LogP contribution in [0.5, 0.6) is 5.75 Å². The predicted molar refractivity (Wildman–Crippen MR) is 130 cm³/mol. The van der Waals surface area contributed by atoms with Crippen molar-refractivity contribution in [2.45, 2.75) is 74.0 Å². The first kappa shape index (κ1) is 21.0. The summed E-state index contributed by atoms with van der Waals surface area (Å²) >= 11 is 0. The molecule has 2 aromatic carbocycles. The molecule has 3 aliphatic heterocycles. The summed E-state index contributed by atoms with van der Waals surface area (Å²) in [5.74, 6) is 1.16. The van der Waals surface area contributed by atoms with Crippen LogP contribution in [0.3, 0.4) is 0 Å². The molecular formula is C29H34N2O3. The standard InChI is InChI=1S/C29H34N2O3/c32-23-10-9-22-15-25-29-12-11-27(34-29,19-30-26(33)21-7-2-1-3-8-21)18-28(29,24(22)16-23)13-14-31(25)17-20-5-4-6-20/h1-3,7-10,16,20,25,32H,4-6,11-15,17-19H2,(H,30,33)/t25-,27+,28-,29-/m1/s1. The lowest BCUT2D eigenvalue weighted by atomic mass is 9.50. The molecule has 178 valence electrons. The summed E-state index contributed by atoms with van der Waals surface area (Å²) < 4.78 is 7.22. The molecule has 5 aliphatic rings. The Labute approximate surface area is 201 Å². The third-order valence-corrected chi connectivity index (χ3v) is 9.94. The van der Waals surface area contributed by atoms with E-state index >= 15 is 0 Å². The number of phenolic OH excluding ortho intramolecular Hbond substituents is 1. The van der Waals surface area contributed by atoms with Crippen molar-refractivity contribution < 1.29 is 14.6 Å². The van der Waals surface area contributed by atoms with Crippen molar-refractivity contribution in [2.24, 2.45) is 5.92 Å². The zero-order valence-electron chi connectivity index (χ0n) is 19.8.